The van der Waals surface area contributed by atoms with Gasteiger partial charge in [0.2, 0.25) is 5.91 Å². The molecular formula is C19H22N4O2. The van der Waals surface area contributed by atoms with Crippen LogP contribution in [0.3, 0.4) is 0 Å². The second-order valence-electron chi connectivity index (χ2n) is 6.80. The molecule has 0 bridgehead atoms. The van der Waals surface area contributed by atoms with Gasteiger partial charge in [0, 0.05) is 50.2 Å². The number of anilines is 1. The van der Waals surface area contributed by atoms with Crippen molar-refractivity contribution in [1.29, 1.82) is 0 Å². The van der Waals surface area contributed by atoms with Crippen LogP contribution in [0.1, 0.15) is 41.7 Å². The van der Waals surface area contributed by atoms with Crippen LogP contribution in [-0.4, -0.2) is 46.1 Å². The van der Waals surface area contributed by atoms with E-state index in [4.69, 9.17) is 0 Å². The first-order valence-corrected chi connectivity index (χ1v) is 8.83. The van der Waals surface area contributed by atoms with Crippen molar-refractivity contribution in [1.82, 2.24) is 14.7 Å². The molecule has 130 valence electrons. The third-order valence-corrected chi connectivity index (χ3v) is 5.18. The van der Waals surface area contributed by atoms with Crippen molar-refractivity contribution in [2.24, 2.45) is 0 Å². The third kappa shape index (κ3) is 2.92. The van der Waals surface area contributed by atoms with Gasteiger partial charge in [0.05, 0.1) is 6.04 Å². The van der Waals surface area contributed by atoms with E-state index in [2.05, 4.69) is 5.10 Å². The summed E-state index contributed by atoms with van der Waals surface area (Å²) in [6.45, 7) is 3.76. The van der Waals surface area contributed by atoms with Gasteiger partial charge in [0.1, 0.15) is 0 Å². The van der Waals surface area contributed by atoms with Gasteiger partial charge in [-0.05, 0) is 49.1 Å². The zero-order chi connectivity index (χ0) is 17.4. The SMILES string of the molecule is CC(=O)N1CCc2cc(C(=O)N3CCC[C@@H](n4cccn4)C3)ccc21. The van der Waals surface area contributed by atoms with Crippen LogP contribution in [0.5, 0.6) is 0 Å². The zero-order valence-corrected chi connectivity index (χ0v) is 14.4. The van der Waals surface area contributed by atoms with Crippen molar-refractivity contribution in [3.05, 3.63) is 47.8 Å². The number of benzene rings is 1. The molecule has 6 heteroatoms. The molecule has 0 saturated carbocycles. The number of hydrogen-bond donors (Lipinski definition) is 0. The van der Waals surface area contributed by atoms with E-state index in [9.17, 15) is 9.59 Å². The Morgan fingerprint density at radius 2 is 2.12 bits per heavy atom. The summed E-state index contributed by atoms with van der Waals surface area (Å²) in [6.07, 6.45) is 6.58. The van der Waals surface area contributed by atoms with Crippen LogP contribution in [0.15, 0.2) is 36.7 Å². The molecule has 3 heterocycles. The quantitative estimate of drug-likeness (QED) is 0.844. The Morgan fingerprint density at radius 1 is 1.24 bits per heavy atom. The average molecular weight is 338 g/mol. The highest BCUT2D eigenvalue weighted by Crippen LogP contribution is 2.30. The minimum atomic E-state index is 0.0518. The van der Waals surface area contributed by atoms with Gasteiger partial charge in [-0.2, -0.15) is 5.10 Å². The number of piperidine rings is 1. The lowest BCUT2D eigenvalue weighted by molar-refractivity contribution is -0.116. The molecule has 1 aromatic carbocycles. The van der Waals surface area contributed by atoms with Gasteiger partial charge in [0.25, 0.3) is 5.91 Å². The number of likely N-dealkylation sites (tertiary alicyclic amines) is 1. The maximum absolute atomic E-state index is 12.9. The predicted octanol–water partition coefficient (Wildman–Crippen LogP) is 2.27. The Labute approximate surface area is 147 Å². The van der Waals surface area contributed by atoms with Crippen molar-refractivity contribution in [3.63, 3.8) is 0 Å². The smallest absolute Gasteiger partial charge is 0.253 e. The van der Waals surface area contributed by atoms with Gasteiger partial charge in [-0.3, -0.25) is 14.3 Å². The lowest BCUT2D eigenvalue weighted by atomic mass is 10.0. The molecule has 1 fully saturated rings. The number of fused-ring (bicyclic) bond motifs is 1. The third-order valence-electron chi connectivity index (χ3n) is 5.18. The molecule has 0 radical (unpaired) electrons. The fourth-order valence-electron chi connectivity index (χ4n) is 3.90. The summed E-state index contributed by atoms with van der Waals surface area (Å²) in [5.41, 5.74) is 2.74. The monoisotopic (exact) mass is 338 g/mol. The molecule has 0 aliphatic carbocycles. The molecule has 1 atom stereocenters. The summed E-state index contributed by atoms with van der Waals surface area (Å²) >= 11 is 0. The summed E-state index contributed by atoms with van der Waals surface area (Å²) in [5, 5.41) is 4.32. The first-order valence-electron chi connectivity index (χ1n) is 8.83. The van der Waals surface area contributed by atoms with Crippen LogP contribution in [0.25, 0.3) is 0 Å². The Balaban J connectivity index is 1.52. The summed E-state index contributed by atoms with van der Waals surface area (Å²) < 4.78 is 1.95. The van der Waals surface area contributed by atoms with E-state index in [0.717, 1.165) is 37.1 Å². The number of amides is 2. The number of carbonyl (C=O) groups excluding carboxylic acids is 2. The average Bonchev–Trinajstić information content (AvgIpc) is 3.30. The first-order chi connectivity index (χ1) is 12.1. The molecule has 25 heavy (non-hydrogen) atoms. The molecule has 2 aliphatic rings. The molecule has 0 N–H and O–H groups in total. The van der Waals surface area contributed by atoms with Gasteiger partial charge in [-0.1, -0.05) is 0 Å². The van der Waals surface area contributed by atoms with Crippen LogP contribution in [0.2, 0.25) is 0 Å². The van der Waals surface area contributed by atoms with E-state index in [0.29, 0.717) is 18.7 Å². The van der Waals surface area contributed by atoms with E-state index < -0.39 is 0 Å². The van der Waals surface area contributed by atoms with Crippen LogP contribution in [0.4, 0.5) is 5.69 Å². The summed E-state index contributed by atoms with van der Waals surface area (Å²) in [4.78, 5) is 28.3. The Hall–Kier alpha value is -2.63. The molecule has 1 aromatic heterocycles. The molecule has 2 aromatic rings. The number of rotatable bonds is 2. The van der Waals surface area contributed by atoms with Gasteiger partial charge >= 0.3 is 0 Å². The Morgan fingerprint density at radius 3 is 2.88 bits per heavy atom. The van der Waals surface area contributed by atoms with Crippen LogP contribution < -0.4 is 4.90 Å². The van der Waals surface area contributed by atoms with E-state index in [1.54, 1.807) is 18.0 Å². The van der Waals surface area contributed by atoms with Crippen molar-refractivity contribution in [3.8, 4) is 0 Å². The predicted molar refractivity (Wildman–Crippen MR) is 94.6 cm³/mol. The van der Waals surface area contributed by atoms with E-state index in [1.807, 2.05) is 40.0 Å². The highest BCUT2D eigenvalue weighted by Gasteiger charge is 2.28. The maximum atomic E-state index is 12.9. The van der Waals surface area contributed by atoms with Gasteiger partial charge in [-0.25, -0.2) is 0 Å². The Kier molecular flexibility index (Phi) is 4.03. The normalized spacial score (nSPS) is 19.8. The highest BCUT2D eigenvalue weighted by molar-refractivity contribution is 5.98. The summed E-state index contributed by atoms with van der Waals surface area (Å²) in [7, 11) is 0. The molecule has 6 nitrogen and oxygen atoms in total. The Bertz CT molecular complexity index is 800. The molecule has 1 saturated heterocycles. The largest absolute Gasteiger partial charge is 0.337 e. The molecule has 0 spiro atoms. The van der Waals surface area contributed by atoms with Crippen LogP contribution in [0, 0.1) is 0 Å². The van der Waals surface area contributed by atoms with Gasteiger partial charge in [-0.15, -0.1) is 0 Å². The number of nitrogens with zero attached hydrogens (tertiary/aromatic N) is 4. The van der Waals surface area contributed by atoms with E-state index >= 15 is 0 Å². The molecular weight excluding hydrogens is 316 g/mol. The van der Waals surface area contributed by atoms with Crippen LogP contribution >= 0.6 is 0 Å². The summed E-state index contributed by atoms with van der Waals surface area (Å²) in [6, 6.07) is 7.88. The van der Waals surface area contributed by atoms with Crippen molar-refractivity contribution >= 4 is 17.5 Å². The maximum Gasteiger partial charge on any atom is 0.253 e. The van der Waals surface area contributed by atoms with Crippen LogP contribution in [-0.2, 0) is 11.2 Å². The number of hydrogen-bond acceptors (Lipinski definition) is 3. The van der Waals surface area contributed by atoms with Crippen molar-refractivity contribution in [2.45, 2.75) is 32.2 Å². The van der Waals surface area contributed by atoms with Crippen molar-refractivity contribution in [2.75, 3.05) is 24.5 Å². The second kappa shape index (κ2) is 6.35. The zero-order valence-electron chi connectivity index (χ0n) is 14.4. The molecule has 2 amide bonds. The van der Waals surface area contributed by atoms with E-state index in [1.165, 1.54) is 0 Å². The molecule has 0 unspecified atom stereocenters. The molecule has 4 rings (SSSR count). The lowest BCUT2D eigenvalue weighted by Crippen LogP contribution is -2.40. The highest BCUT2D eigenvalue weighted by atomic mass is 16.2. The van der Waals surface area contributed by atoms with Gasteiger partial charge < -0.3 is 9.80 Å². The minimum absolute atomic E-state index is 0.0518. The fraction of sp³-hybridized carbons (Fsp3) is 0.421. The number of aromatic nitrogens is 2. The number of carbonyl (C=O) groups is 2. The lowest BCUT2D eigenvalue weighted by Gasteiger charge is -2.33. The molecule has 2 aliphatic heterocycles. The van der Waals surface area contributed by atoms with Gasteiger partial charge in [0.15, 0.2) is 0 Å². The van der Waals surface area contributed by atoms with Crippen molar-refractivity contribution < 1.29 is 9.59 Å². The minimum Gasteiger partial charge on any atom is -0.337 e. The van der Waals surface area contributed by atoms with E-state index in [-0.39, 0.29) is 17.9 Å². The topological polar surface area (TPSA) is 58.4 Å². The fourth-order valence-corrected chi connectivity index (χ4v) is 3.90. The second-order valence-corrected chi connectivity index (χ2v) is 6.80. The summed E-state index contributed by atoms with van der Waals surface area (Å²) in [5.74, 6) is 0.122. The first kappa shape index (κ1) is 15.9. The standard InChI is InChI=1S/C19H22N4O2/c1-14(24)22-11-7-15-12-16(5-6-18(15)22)19(25)21-9-2-4-17(13-21)23-10-3-8-20-23/h3,5-6,8,10,12,17H,2,4,7,9,11,13H2,1H3/t17-/m1/s1.